The number of nitrogens with zero attached hydrogens (tertiary/aromatic N) is 1. The van der Waals surface area contributed by atoms with Crippen LogP contribution in [0.15, 0.2) is 33.4 Å². The number of amides is 1. The Balaban J connectivity index is 1.62. The summed E-state index contributed by atoms with van der Waals surface area (Å²) in [6.45, 7) is 1.60. The van der Waals surface area contributed by atoms with Crippen LogP contribution >= 0.6 is 0 Å². The minimum atomic E-state index is -0.333. The van der Waals surface area contributed by atoms with Crippen LogP contribution in [0, 0.1) is 5.41 Å². The molecule has 0 aliphatic carbocycles. The van der Waals surface area contributed by atoms with Crippen molar-refractivity contribution in [1.29, 1.82) is 0 Å². The maximum absolute atomic E-state index is 12.2. The van der Waals surface area contributed by atoms with E-state index in [9.17, 15) is 9.90 Å². The molecule has 1 aliphatic rings. The molecule has 1 aliphatic heterocycles. The van der Waals surface area contributed by atoms with Crippen LogP contribution < -0.4 is 5.32 Å². The van der Waals surface area contributed by atoms with Crippen LogP contribution in [0.2, 0.25) is 0 Å². The molecule has 0 unspecified atom stereocenters. The van der Waals surface area contributed by atoms with E-state index in [-0.39, 0.29) is 23.6 Å². The highest BCUT2D eigenvalue weighted by Crippen LogP contribution is 2.29. The Morgan fingerprint density at radius 1 is 1.36 bits per heavy atom. The summed E-state index contributed by atoms with van der Waals surface area (Å²) in [6, 6.07) is 4.99. The molecule has 22 heavy (non-hydrogen) atoms. The summed E-state index contributed by atoms with van der Waals surface area (Å²) in [7, 11) is 0. The number of nitrogens with one attached hydrogen (secondary N) is 1. The van der Waals surface area contributed by atoms with Crippen LogP contribution in [0.5, 0.6) is 0 Å². The van der Waals surface area contributed by atoms with E-state index in [2.05, 4.69) is 10.5 Å². The molecular formula is C15H18N2O5. The Labute approximate surface area is 127 Å². The number of aliphatic hydroxyl groups is 1. The number of ether oxygens (including phenoxy) is 1. The maximum Gasteiger partial charge on any atom is 0.273 e. The molecule has 1 saturated heterocycles. The molecule has 7 nitrogen and oxygen atoms in total. The summed E-state index contributed by atoms with van der Waals surface area (Å²) in [4.78, 5) is 12.2. The van der Waals surface area contributed by atoms with E-state index in [0.717, 1.165) is 12.8 Å². The number of carbonyl (C=O) groups excluding carboxylic acids is 1. The van der Waals surface area contributed by atoms with Crippen LogP contribution in [0.1, 0.15) is 23.3 Å². The predicted octanol–water partition coefficient (Wildman–Crippen LogP) is 1.45. The third-order valence-corrected chi connectivity index (χ3v) is 4.02. The second-order valence-corrected chi connectivity index (χ2v) is 5.51. The first kappa shape index (κ1) is 14.8. The lowest BCUT2D eigenvalue weighted by Gasteiger charge is -2.35. The Kier molecular flexibility index (Phi) is 4.26. The first-order chi connectivity index (χ1) is 10.7. The van der Waals surface area contributed by atoms with E-state index in [4.69, 9.17) is 13.7 Å². The van der Waals surface area contributed by atoms with Gasteiger partial charge in [0.15, 0.2) is 11.5 Å². The molecule has 118 valence electrons. The number of hydrogen-bond donors (Lipinski definition) is 2. The second-order valence-electron chi connectivity index (χ2n) is 5.51. The summed E-state index contributed by atoms with van der Waals surface area (Å²) < 4.78 is 15.6. The lowest BCUT2D eigenvalue weighted by atomic mass is 9.81. The van der Waals surface area contributed by atoms with Crippen molar-refractivity contribution in [3.8, 4) is 11.5 Å². The van der Waals surface area contributed by atoms with Gasteiger partial charge < -0.3 is 24.1 Å². The lowest BCUT2D eigenvalue weighted by molar-refractivity contribution is -0.0146. The average molecular weight is 306 g/mol. The first-order valence-corrected chi connectivity index (χ1v) is 7.20. The summed E-state index contributed by atoms with van der Waals surface area (Å²) in [5.74, 6) is 0.585. The van der Waals surface area contributed by atoms with Crippen LogP contribution in [0.3, 0.4) is 0 Å². The largest absolute Gasteiger partial charge is 0.461 e. The van der Waals surface area contributed by atoms with E-state index >= 15 is 0 Å². The predicted molar refractivity (Wildman–Crippen MR) is 76.1 cm³/mol. The van der Waals surface area contributed by atoms with Crippen LogP contribution in [-0.4, -0.2) is 42.5 Å². The fraction of sp³-hybridized carbons (Fsp3) is 0.467. The van der Waals surface area contributed by atoms with E-state index in [1.807, 2.05) is 0 Å². The molecular weight excluding hydrogens is 288 g/mol. The van der Waals surface area contributed by atoms with Gasteiger partial charge in [0.2, 0.25) is 5.76 Å². The van der Waals surface area contributed by atoms with Gasteiger partial charge >= 0.3 is 0 Å². The molecule has 0 saturated carbocycles. The van der Waals surface area contributed by atoms with Crippen molar-refractivity contribution in [3.05, 3.63) is 30.2 Å². The molecule has 7 heteroatoms. The monoisotopic (exact) mass is 306 g/mol. The maximum atomic E-state index is 12.2. The summed E-state index contributed by atoms with van der Waals surface area (Å²) in [6.07, 6.45) is 2.97. The molecule has 3 rings (SSSR count). The van der Waals surface area contributed by atoms with Gasteiger partial charge in [0.25, 0.3) is 5.91 Å². The molecule has 0 spiro atoms. The van der Waals surface area contributed by atoms with Crippen molar-refractivity contribution in [2.45, 2.75) is 12.8 Å². The fourth-order valence-corrected chi connectivity index (χ4v) is 2.47. The quantitative estimate of drug-likeness (QED) is 0.867. The number of aliphatic hydroxyl groups excluding tert-OH is 1. The highest BCUT2D eigenvalue weighted by molar-refractivity contribution is 5.92. The van der Waals surface area contributed by atoms with Gasteiger partial charge in [0, 0.05) is 31.2 Å². The molecule has 0 radical (unpaired) electrons. The number of rotatable bonds is 5. The van der Waals surface area contributed by atoms with Crippen molar-refractivity contribution in [2.24, 2.45) is 5.41 Å². The summed E-state index contributed by atoms with van der Waals surface area (Å²) >= 11 is 0. The van der Waals surface area contributed by atoms with Gasteiger partial charge in [-0.3, -0.25) is 4.79 Å². The zero-order valence-electron chi connectivity index (χ0n) is 12.1. The lowest BCUT2D eigenvalue weighted by Crippen LogP contribution is -2.43. The highest BCUT2D eigenvalue weighted by atomic mass is 16.5. The Bertz CT molecular complexity index is 614. The zero-order valence-corrected chi connectivity index (χ0v) is 12.1. The van der Waals surface area contributed by atoms with Gasteiger partial charge in [0.05, 0.1) is 12.9 Å². The van der Waals surface area contributed by atoms with E-state index in [1.54, 1.807) is 12.1 Å². The molecule has 2 aromatic rings. The topological polar surface area (TPSA) is 97.7 Å². The van der Waals surface area contributed by atoms with Gasteiger partial charge in [-0.15, -0.1) is 0 Å². The molecule has 0 atom stereocenters. The second kappa shape index (κ2) is 6.33. The fourth-order valence-electron chi connectivity index (χ4n) is 2.47. The number of hydrogen-bond acceptors (Lipinski definition) is 6. The van der Waals surface area contributed by atoms with Gasteiger partial charge in [-0.2, -0.15) is 0 Å². The SMILES string of the molecule is O=C(NCC1(CO)CCOCC1)c1cc(-c2ccco2)on1. The van der Waals surface area contributed by atoms with Crippen LogP contribution in [0.25, 0.3) is 11.5 Å². The van der Waals surface area contributed by atoms with Gasteiger partial charge in [-0.05, 0) is 25.0 Å². The Morgan fingerprint density at radius 2 is 2.18 bits per heavy atom. The number of carbonyl (C=O) groups is 1. The summed E-state index contributed by atoms with van der Waals surface area (Å²) in [5.41, 5.74) is -0.131. The summed E-state index contributed by atoms with van der Waals surface area (Å²) in [5, 5.41) is 16.2. The number of furan rings is 1. The van der Waals surface area contributed by atoms with Crippen molar-refractivity contribution in [2.75, 3.05) is 26.4 Å². The van der Waals surface area contributed by atoms with E-state index < -0.39 is 0 Å². The third-order valence-electron chi connectivity index (χ3n) is 4.02. The van der Waals surface area contributed by atoms with E-state index in [0.29, 0.717) is 31.3 Å². The zero-order chi connectivity index (χ0) is 15.4. The van der Waals surface area contributed by atoms with Gasteiger partial charge in [-0.25, -0.2) is 0 Å². The Hall–Kier alpha value is -2.12. The van der Waals surface area contributed by atoms with Gasteiger partial charge in [0.1, 0.15) is 0 Å². The highest BCUT2D eigenvalue weighted by Gasteiger charge is 2.32. The van der Waals surface area contributed by atoms with E-state index in [1.165, 1.54) is 12.3 Å². The smallest absolute Gasteiger partial charge is 0.273 e. The third kappa shape index (κ3) is 3.05. The molecule has 0 aromatic carbocycles. The Morgan fingerprint density at radius 3 is 2.86 bits per heavy atom. The van der Waals surface area contributed by atoms with Crippen molar-refractivity contribution in [3.63, 3.8) is 0 Å². The standard InChI is InChI=1S/C15H18N2O5/c18-10-15(3-6-20-7-4-15)9-16-14(19)11-8-13(22-17-11)12-2-1-5-21-12/h1-2,5,8,18H,3-4,6-7,9-10H2,(H,16,19). The molecule has 1 amide bonds. The molecule has 2 N–H and O–H groups in total. The minimum absolute atomic E-state index is 0.0209. The van der Waals surface area contributed by atoms with Crippen molar-refractivity contribution < 1.29 is 23.6 Å². The molecule has 3 heterocycles. The van der Waals surface area contributed by atoms with Crippen molar-refractivity contribution >= 4 is 5.91 Å². The molecule has 2 aromatic heterocycles. The van der Waals surface area contributed by atoms with Crippen molar-refractivity contribution in [1.82, 2.24) is 10.5 Å². The van der Waals surface area contributed by atoms with Crippen LogP contribution in [-0.2, 0) is 4.74 Å². The van der Waals surface area contributed by atoms with Gasteiger partial charge in [-0.1, -0.05) is 5.16 Å². The first-order valence-electron chi connectivity index (χ1n) is 7.20. The minimum Gasteiger partial charge on any atom is -0.461 e. The number of aromatic nitrogens is 1. The normalized spacial score (nSPS) is 17.3. The van der Waals surface area contributed by atoms with Crippen LogP contribution in [0.4, 0.5) is 0 Å². The average Bonchev–Trinajstić information content (AvgIpc) is 3.24. The molecule has 1 fully saturated rings. The molecule has 0 bridgehead atoms.